The highest BCUT2D eigenvalue weighted by atomic mass is 19.1. The summed E-state index contributed by atoms with van der Waals surface area (Å²) in [5.41, 5.74) is -0.0508. The van der Waals surface area contributed by atoms with E-state index >= 15 is 0 Å². The molecule has 9 nitrogen and oxygen atoms in total. The molecule has 0 bridgehead atoms. The van der Waals surface area contributed by atoms with Gasteiger partial charge in [-0.3, -0.25) is 19.9 Å². The van der Waals surface area contributed by atoms with Crippen LogP contribution in [-0.4, -0.2) is 53.3 Å². The Hall–Kier alpha value is -3.95. The van der Waals surface area contributed by atoms with E-state index in [1.807, 2.05) is 6.92 Å². The molecule has 4 amide bonds. The largest absolute Gasteiger partial charge is 0.494 e. The van der Waals surface area contributed by atoms with Gasteiger partial charge in [0.2, 0.25) is 0 Å². The number of methoxy groups -OCH3 is 1. The summed E-state index contributed by atoms with van der Waals surface area (Å²) in [6.45, 7) is 1.68. The Balaban J connectivity index is 1.60. The van der Waals surface area contributed by atoms with Gasteiger partial charge in [-0.15, -0.1) is 0 Å². The SMILES string of the molecule is COc1ccc2c(c1F)C(=O)N(C[C@]1(c3cc4cc(C)ncc4o3)C(=O)NC(=O)N1C)C2. The first kappa shape index (κ1) is 20.0. The van der Waals surface area contributed by atoms with Gasteiger partial charge in [0.15, 0.2) is 22.7 Å². The fourth-order valence-corrected chi connectivity index (χ4v) is 4.36. The first-order valence-electron chi connectivity index (χ1n) is 9.87. The highest BCUT2D eigenvalue weighted by Gasteiger charge is 2.57. The number of imide groups is 1. The quantitative estimate of drug-likeness (QED) is 0.627. The molecule has 0 spiro atoms. The minimum atomic E-state index is -1.62. The molecule has 0 radical (unpaired) electrons. The molecule has 1 aromatic carbocycles. The Morgan fingerprint density at radius 3 is 2.75 bits per heavy atom. The van der Waals surface area contributed by atoms with E-state index in [4.69, 9.17) is 9.15 Å². The van der Waals surface area contributed by atoms with Crippen LogP contribution >= 0.6 is 0 Å². The van der Waals surface area contributed by atoms with Crippen LogP contribution in [0.2, 0.25) is 0 Å². The van der Waals surface area contributed by atoms with Crippen LogP contribution in [0, 0.1) is 12.7 Å². The molecular weight excluding hydrogens is 419 g/mol. The van der Waals surface area contributed by atoms with Crippen LogP contribution < -0.4 is 10.1 Å². The minimum absolute atomic E-state index is 0.0419. The number of amides is 4. The summed E-state index contributed by atoms with van der Waals surface area (Å²) in [5.74, 6) is -1.83. The molecule has 1 atom stereocenters. The number of aromatic nitrogens is 1. The van der Waals surface area contributed by atoms with E-state index in [1.165, 1.54) is 36.2 Å². The maximum Gasteiger partial charge on any atom is 0.325 e. The van der Waals surface area contributed by atoms with E-state index in [0.29, 0.717) is 16.5 Å². The van der Waals surface area contributed by atoms with Crippen molar-refractivity contribution in [3.05, 3.63) is 58.9 Å². The second-order valence-corrected chi connectivity index (χ2v) is 7.93. The van der Waals surface area contributed by atoms with Crippen LogP contribution in [0.15, 0.2) is 34.9 Å². The third-order valence-corrected chi connectivity index (χ3v) is 6.12. The normalized spacial score (nSPS) is 20.3. The van der Waals surface area contributed by atoms with E-state index in [9.17, 15) is 18.8 Å². The maximum absolute atomic E-state index is 14.8. The number of hydrogen-bond acceptors (Lipinski definition) is 6. The topological polar surface area (TPSA) is 105 Å². The van der Waals surface area contributed by atoms with Gasteiger partial charge >= 0.3 is 6.03 Å². The van der Waals surface area contributed by atoms with E-state index in [1.54, 1.807) is 18.2 Å². The number of carbonyl (C=O) groups excluding carboxylic acids is 3. The molecule has 4 heterocycles. The van der Waals surface area contributed by atoms with Crippen molar-refractivity contribution < 1.29 is 27.9 Å². The van der Waals surface area contributed by atoms with Gasteiger partial charge in [0, 0.05) is 24.7 Å². The summed E-state index contributed by atoms with van der Waals surface area (Å²) in [7, 11) is 2.77. The number of halogens is 1. The summed E-state index contributed by atoms with van der Waals surface area (Å²) in [6, 6.07) is 5.90. The zero-order valence-electron chi connectivity index (χ0n) is 17.6. The number of nitrogens with one attached hydrogen (secondary N) is 1. The number of likely N-dealkylation sites (N-methyl/N-ethyl adjacent to an activating group) is 1. The number of pyridine rings is 1. The van der Waals surface area contributed by atoms with Crippen molar-refractivity contribution in [1.82, 2.24) is 20.1 Å². The second-order valence-electron chi connectivity index (χ2n) is 7.93. The van der Waals surface area contributed by atoms with Gasteiger partial charge in [-0.05, 0) is 30.7 Å². The average Bonchev–Trinajstić information content (AvgIpc) is 3.38. The molecule has 1 saturated heterocycles. The number of hydrogen-bond donors (Lipinski definition) is 1. The molecule has 3 aromatic rings. The fourth-order valence-electron chi connectivity index (χ4n) is 4.36. The molecule has 2 aliphatic rings. The van der Waals surface area contributed by atoms with E-state index < -0.39 is 29.2 Å². The van der Waals surface area contributed by atoms with Gasteiger partial charge in [-0.2, -0.15) is 0 Å². The lowest BCUT2D eigenvalue weighted by atomic mass is 9.93. The highest BCUT2D eigenvalue weighted by molar-refractivity contribution is 6.08. The van der Waals surface area contributed by atoms with Gasteiger partial charge in [0.25, 0.3) is 11.8 Å². The average molecular weight is 438 g/mol. The monoisotopic (exact) mass is 438 g/mol. The predicted octanol–water partition coefficient (Wildman–Crippen LogP) is 2.32. The number of aryl methyl sites for hydroxylation is 1. The molecule has 0 aliphatic carbocycles. The van der Waals surface area contributed by atoms with Gasteiger partial charge in [-0.1, -0.05) is 6.07 Å². The summed E-state index contributed by atoms with van der Waals surface area (Å²) >= 11 is 0. The molecule has 0 saturated carbocycles. The molecule has 1 fully saturated rings. The minimum Gasteiger partial charge on any atom is -0.494 e. The predicted molar refractivity (Wildman–Crippen MR) is 109 cm³/mol. The summed E-state index contributed by atoms with van der Waals surface area (Å²) < 4.78 is 25.7. The molecular formula is C22H19FN4O5. The van der Waals surface area contributed by atoms with Gasteiger partial charge < -0.3 is 19.0 Å². The zero-order valence-corrected chi connectivity index (χ0v) is 17.6. The number of rotatable bonds is 4. The zero-order chi connectivity index (χ0) is 22.8. The van der Waals surface area contributed by atoms with Crippen LogP contribution in [0.3, 0.4) is 0 Å². The third-order valence-electron chi connectivity index (χ3n) is 6.12. The summed E-state index contributed by atoms with van der Waals surface area (Å²) in [5, 5.41) is 3.00. The lowest BCUT2D eigenvalue weighted by Crippen LogP contribution is -2.53. The number of ether oxygens (including phenoxy) is 1. The number of carbonyl (C=O) groups is 3. The Kier molecular flexibility index (Phi) is 4.23. The van der Waals surface area contributed by atoms with Crippen molar-refractivity contribution in [3.63, 3.8) is 0 Å². The number of urea groups is 1. The van der Waals surface area contributed by atoms with Gasteiger partial charge in [0.1, 0.15) is 5.76 Å². The van der Waals surface area contributed by atoms with Crippen molar-refractivity contribution >= 4 is 28.8 Å². The van der Waals surface area contributed by atoms with Crippen LogP contribution in [0.4, 0.5) is 9.18 Å². The van der Waals surface area contributed by atoms with Crippen LogP contribution in [0.25, 0.3) is 11.0 Å². The Morgan fingerprint density at radius 2 is 2.06 bits per heavy atom. The molecule has 2 aliphatic heterocycles. The molecule has 2 aromatic heterocycles. The molecule has 0 unspecified atom stereocenters. The Labute approximate surface area is 181 Å². The van der Waals surface area contributed by atoms with E-state index in [2.05, 4.69) is 10.3 Å². The molecule has 5 rings (SSSR count). The Bertz CT molecular complexity index is 1320. The van der Waals surface area contributed by atoms with Gasteiger partial charge in [-0.25, -0.2) is 9.18 Å². The molecule has 10 heteroatoms. The van der Waals surface area contributed by atoms with Crippen molar-refractivity contribution in [2.75, 3.05) is 20.7 Å². The number of benzene rings is 1. The first-order chi connectivity index (χ1) is 15.3. The second kappa shape index (κ2) is 6.78. The first-order valence-corrected chi connectivity index (χ1v) is 9.87. The number of furan rings is 1. The van der Waals surface area contributed by atoms with Crippen LogP contribution in [0.5, 0.6) is 5.75 Å². The Morgan fingerprint density at radius 1 is 1.28 bits per heavy atom. The smallest absolute Gasteiger partial charge is 0.325 e. The van der Waals surface area contributed by atoms with Crippen LogP contribution in [0.1, 0.15) is 27.4 Å². The van der Waals surface area contributed by atoms with Gasteiger partial charge in [0.05, 0.1) is 25.4 Å². The van der Waals surface area contributed by atoms with Crippen molar-refractivity contribution in [1.29, 1.82) is 0 Å². The number of nitrogens with zero attached hydrogens (tertiary/aromatic N) is 3. The highest BCUT2D eigenvalue weighted by Crippen LogP contribution is 2.39. The molecule has 1 N–H and O–H groups in total. The fraction of sp³-hybridized carbons (Fsp3) is 0.273. The summed E-state index contributed by atoms with van der Waals surface area (Å²) in [6.07, 6.45) is 1.54. The van der Waals surface area contributed by atoms with E-state index in [-0.39, 0.29) is 30.2 Å². The van der Waals surface area contributed by atoms with Crippen molar-refractivity contribution in [3.8, 4) is 5.75 Å². The maximum atomic E-state index is 14.8. The van der Waals surface area contributed by atoms with E-state index in [0.717, 1.165) is 5.69 Å². The lowest BCUT2D eigenvalue weighted by Gasteiger charge is -2.34. The van der Waals surface area contributed by atoms with Crippen molar-refractivity contribution in [2.24, 2.45) is 0 Å². The number of fused-ring (bicyclic) bond motifs is 2. The molecule has 164 valence electrons. The summed E-state index contributed by atoms with van der Waals surface area (Å²) in [4.78, 5) is 45.4. The third kappa shape index (κ3) is 2.62. The standard InChI is InChI=1S/C22H19FN4O5/c1-11-6-13-7-16(32-15(13)8-24-11)22(20(29)25-21(30)26(22)2)10-27-9-12-4-5-14(31-3)18(23)17(12)19(27)28/h4-8H,9-10H2,1-3H3,(H,25,29,30)/t22-/m0/s1. The van der Waals surface area contributed by atoms with Crippen LogP contribution in [-0.2, 0) is 16.9 Å². The van der Waals surface area contributed by atoms with Crippen molar-refractivity contribution in [2.45, 2.75) is 19.0 Å². The lowest BCUT2D eigenvalue weighted by molar-refractivity contribution is -0.128. The molecule has 32 heavy (non-hydrogen) atoms.